The Kier molecular flexibility index (Phi) is 6.88. The van der Waals surface area contributed by atoms with Crippen LogP contribution >= 0.6 is 11.6 Å². The van der Waals surface area contributed by atoms with Gasteiger partial charge in [0.1, 0.15) is 16.5 Å². The van der Waals surface area contributed by atoms with E-state index in [1.165, 1.54) is 56.3 Å². The van der Waals surface area contributed by atoms with Crippen molar-refractivity contribution in [1.29, 1.82) is 0 Å². The minimum Gasteiger partial charge on any atom is -0.507 e. The van der Waals surface area contributed by atoms with Gasteiger partial charge < -0.3 is 10.4 Å². The van der Waals surface area contributed by atoms with Crippen LogP contribution in [0.25, 0.3) is 0 Å². The highest BCUT2D eigenvalue weighted by molar-refractivity contribution is 7.91. The third-order valence-electron chi connectivity index (χ3n) is 4.97. The Morgan fingerprint density at radius 2 is 1.45 bits per heavy atom. The number of rotatable bonds is 5. The van der Waals surface area contributed by atoms with Crippen molar-refractivity contribution in [1.82, 2.24) is 0 Å². The fourth-order valence-electron chi connectivity index (χ4n) is 3.35. The smallest absolute Gasteiger partial charge is 0.283 e. The summed E-state index contributed by atoms with van der Waals surface area (Å²) in [4.78, 5) is -0.250. The van der Waals surface area contributed by atoms with Crippen molar-refractivity contribution in [2.45, 2.75) is 42.4 Å². The summed E-state index contributed by atoms with van der Waals surface area (Å²) in [5.74, 6) is -0.361. The number of sulfone groups is 1. The predicted octanol–water partition coefficient (Wildman–Crippen LogP) is 5.02. The van der Waals surface area contributed by atoms with Gasteiger partial charge in [0.05, 0.1) is 9.79 Å². The van der Waals surface area contributed by atoms with E-state index in [0.29, 0.717) is 16.3 Å². The van der Waals surface area contributed by atoms with Gasteiger partial charge in [0.15, 0.2) is 0 Å². The molecule has 3 aromatic rings. The average molecular weight is 507 g/mol. The van der Waals surface area contributed by atoms with Crippen LogP contribution in [0.5, 0.6) is 5.75 Å². The van der Waals surface area contributed by atoms with Gasteiger partial charge >= 0.3 is 0 Å². The summed E-state index contributed by atoms with van der Waals surface area (Å²) >= 11 is 5.81. The van der Waals surface area contributed by atoms with Crippen LogP contribution in [0.3, 0.4) is 0 Å². The highest BCUT2D eigenvalue weighted by Gasteiger charge is 2.27. The van der Waals surface area contributed by atoms with Crippen LogP contribution in [0.15, 0.2) is 73.7 Å². The zero-order chi connectivity index (χ0) is 24.6. The summed E-state index contributed by atoms with van der Waals surface area (Å²) in [6, 6.07) is 13.2. The molecule has 0 radical (unpaired) electrons. The first-order valence-corrected chi connectivity index (χ1v) is 13.1. The lowest BCUT2D eigenvalue weighted by molar-refractivity contribution is 0.457. The molecule has 33 heavy (non-hydrogen) atoms. The Hall–Kier alpha value is -2.88. The van der Waals surface area contributed by atoms with Crippen LogP contribution in [0.1, 0.15) is 23.6 Å². The van der Waals surface area contributed by atoms with E-state index in [-0.39, 0.29) is 31.8 Å². The van der Waals surface area contributed by atoms with Gasteiger partial charge in [-0.15, -0.1) is 4.40 Å². The number of phenolic OH excluding ortho intramolecular Hbond substituents is 1. The first-order chi connectivity index (χ1) is 15.3. The van der Waals surface area contributed by atoms with Crippen molar-refractivity contribution >= 4 is 43.0 Å². The number of amidine groups is 1. The van der Waals surface area contributed by atoms with Crippen molar-refractivity contribution < 1.29 is 21.9 Å². The second-order valence-electron chi connectivity index (χ2n) is 7.59. The molecule has 0 aliphatic carbocycles. The summed E-state index contributed by atoms with van der Waals surface area (Å²) in [5, 5.41) is 13.8. The van der Waals surface area contributed by atoms with Crippen LogP contribution in [0.4, 0.5) is 5.69 Å². The van der Waals surface area contributed by atoms with Gasteiger partial charge in [-0.25, -0.2) is 8.42 Å². The van der Waals surface area contributed by atoms with E-state index in [1.807, 2.05) is 6.92 Å². The van der Waals surface area contributed by atoms with E-state index in [2.05, 4.69) is 9.71 Å². The minimum absolute atomic E-state index is 0.0283. The highest BCUT2D eigenvalue weighted by atomic mass is 35.5. The van der Waals surface area contributed by atoms with Gasteiger partial charge in [-0.3, -0.25) is 0 Å². The lowest BCUT2D eigenvalue weighted by Crippen LogP contribution is -2.15. The Morgan fingerprint density at radius 1 is 0.909 bits per heavy atom. The zero-order valence-electron chi connectivity index (χ0n) is 18.4. The summed E-state index contributed by atoms with van der Waals surface area (Å²) in [6.07, 6.45) is 0. The molecule has 0 aliphatic heterocycles. The van der Waals surface area contributed by atoms with E-state index in [9.17, 15) is 21.9 Å². The number of aromatic hydroxyl groups is 1. The third-order valence-corrected chi connectivity index (χ3v) is 8.55. The fourth-order valence-corrected chi connectivity index (χ4v) is 6.04. The summed E-state index contributed by atoms with van der Waals surface area (Å²) in [6.45, 7) is 6.50. The Bertz CT molecular complexity index is 1450. The van der Waals surface area contributed by atoms with Gasteiger partial charge in [-0.05, 0) is 81.3 Å². The predicted molar refractivity (Wildman–Crippen MR) is 130 cm³/mol. The molecule has 174 valence electrons. The van der Waals surface area contributed by atoms with Crippen molar-refractivity contribution in [3.05, 3.63) is 76.3 Å². The van der Waals surface area contributed by atoms with Crippen LogP contribution < -0.4 is 5.32 Å². The summed E-state index contributed by atoms with van der Waals surface area (Å²) in [7, 11) is -8.05. The molecule has 10 heteroatoms. The number of hydrogen-bond acceptors (Lipinski definition) is 5. The number of aryl methyl sites for hydroxylation is 2. The fraction of sp³-hybridized carbons (Fsp3) is 0.174. The topological polar surface area (TPSA) is 113 Å². The molecular formula is C23H23ClN2O5S2. The molecule has 0 aliphatic rings. The molecular weight excluding hydrogens is 484 g/mol. The lowest BCUT2D eigenvalue weighted by Gasteiger charge is -2.18. The molecule has 0 unspecified atom stereocenters. The molecule has 0 heterocycles. The van der Waals surface area contributed by atoms with E-state index >= 15 is 0 Å². The minimum atomic E-state index is -4.03. The van der Waals surface area contributed by atoms with Crippen LogP contribution in [-0.4, -0.2) is 27.8 Å². The molecule has 0 bridgehead atoms. The molecule has 7 nitrogen and oxygen atoms in total. The number of sulfonamides is 1. The van der Waals surface area contributed by atoms with Gasteiger partial charge in [-0.2, -0.15) is 8.42 Å². The van der Waals surface area contributed by atoms with Crippen LogP contribution in [0.2, 0.25) is 5.02 Å². The van der Waals surface area contributed by atoms with E-state index < -0.39 is 19.9 Å². The molecule has 0 fully saturated rings. The number of anilines is 1. The lowest BCUT2D eigenvalue weighted by atomic mass is 10.1. The number of benzene rings is 3. The second-order valence-corrected chi connectivity index (χ2v) is 11.5. The van der Waals surface area contributed by atoms with Crippen molar-refractivity contribution in [2.75, 3.05) is 5.32 Å². The largest absolute Gasteiger partial charge is 0.507 e. The first-order valence-electron chi connectivity index (χ1n) is 9.82. The molecule has 3 rings (SSSR count). The monoisotopic (exact) mass is 506 g/mol. The van der Waals surface area contributed by atoms with Gasteiger partial charge in [-0.1, -0.05) is 29.3 Å². The van der Waals surface area contributed by atoms with Crippen LogP contribution in [0, 0.1) is 20.8 Å². The Balaban J connectivity index is 2.05. The normalized spacial score (nSPS) is 12.6. The standard InChI is InChI=1S/C23H23ClN2O5S2/c1-14-5-9-19(10-6-14)32(28,29)23-16(3)22(15(2)13-21(23)27)25-17(4)26-33(30,31)20-11-7-18(24)8-12-20/h5-13,27H,1-4H3,(H,25,26). The maximum absolute atomic E-state index is 13.3. The molecule has 0 atom stereocenters. The van der Waals surface area contributed by atoms with E-state index in [1.54, 1.807) is 19.1 Å². The average Bonchev–Trinajstić information content (AvgIpc) is 2.71. The Morgan fingerprint density at radius 3 is 2.03 bits per heavy atom. The SMILES string of the molecule is CC(=NS(=O)(=O)c1ccc(Cl)cc1)Nc1c(C)cc(O)c(S(=O)(=O)c2ccc(C)cc2)c1C. The maximum Gasteiger partial charge on any atom is 0.283 e. The molecule has 0 aromatic heterocycles. The van der Waals surface area contributed by atoms with E-state index in [4.69, 9.17) is 11.6 Å². The second kappa shape index (κ2) is 9.17. The molecule has 3 aromatic carbocycles. The zero-order valence-corrected chi connectivity index (χ0v) is 20.8. The van der Waals surface area contributed by atoms with Gasteiger partial charge in [0, 0.05) is 10.7 Å². The van der Waals surface area contributed by atoms with Crippen molar-refractivity contribution in [3.63, 3.8) is 0 Å². The number of nitrogens with one attached hydrogen (secondary N) is 1. The summed E-state index contributed by atoms with van der Waals surface area (Å²) in [5.41, 5.74) is 2.00. The quantitative estimate of drug-likeness (QED) is 0.285. The van der Waals surface area contributed by atoms with Crippen LogP contribution in [-0.2, 0) is 19.9 Å². The Labute approximate surface area is 198 Å². The number of phenols is 1. The van der Waals surface area contributed by atoms with Crippen molar-refractivity contribution in [2.24, 2.45) is 4.40 Å². The molecule has 0 saturated heterocycles. The molecule has 0 spiro atoms. The molecule has 0 saturated carbocycles. The summed E-state index contributed by atoms with van der Waals surface area (Å²) < 4.78 is 55.5. The number of hydrogen-bond donors (Lipinski definition) is 2. The maximum atomic E-state index is 13.3. The third kappa shape index (κ3) is 5.21. The highest BCUT2D eigenvalue weighted by Crippen LogP contribution is 2.37. The first kappa shape index (κ1) is 24.8. The molecule has 0 amide bonds. The number of nitrogens with zero attached hydrogens (tertiary/aromatic N) is 1. The van der Waals surface area contributed by atoms with Crippen molar-refractivity contribution in [3.8, 4) is 5.75 Å². The van der Waals surface area contributed by atoms with Gasteiger partial charge in [0.25, 0.3) is 10.0 Å². The van der Waals surface area contributed by atoms with E-state index in [0.717, 1.165) is 5.56 Å². The molecule has 2 N–H and O–H groups in total. The van der Waals surface area contributed by atoms with Gasteiger partial charge in [0.2, 0.25) is 9.84 Å². The number of halogens is 1.